The number of nitrogens with one attached hydrogen (secondary N) is 2. The molecule has 0 fully saturated rings. The number of hydrazine groups is 1. The van der Waals surface area contributed by atoms with Crippen LogP contribution in [0.3, 0.4) is 0 Å². The first-order valence-corrected chi connectivity index (χ1v) is 8.79. The fourth-order valence-electron chi connectivity index (χ4n) is 3.26. The zero-order valence-electron chi connectivity index (χ0n) is 15.5. The Morgan fingerprint density at radius 3 is 2.39 bits per heavy atom. The summed E-state index contributed by atoms with van der Waals surface area (Å²) in [6, 6.07) is 16.4. The molecule has 0 atom stereocenters. The number of ether oxygens (including phenoxy) is 2. The lowest BCUT2D eigenvalue weighted by Gasteiger charge is -2.10. The highest BCUT2D eigenvalue weighted by molar-refractivity contribution is 6.00. The molecule has 1 aromatic heterocycles. The van der Waals surface area contributed by atoms with E-state index < -0.39 is 5.91 Å². The number of benzene rings is 2. The van der Waals surface area contributed by atoms with E-state index in [1.165, 1.54) is 0 Å². The second-order valence-corrected chi connectivity index (χ2v) is 6.43. The minimum atomic E-state index is -0.441. The van der Waals surface area contributed by atoms with Crippen LogP contribution >= 0.6 is 0 Å². The first-order chi connectivity index (χ1) is 13.5. The Morgan fingerprint density at radius 1 is 0.893 bits per heavy atom. The van der Waals surface area contributed by atoms with E-state index in [1.54, 1.807) is 24.3 Å². The first kappa shape index (κ1) is 17.7. The average molecular weight is 377 g/mol. The molecule has 142 valence electrons. The zero-order chi connectivity index (χ0) is 19.7. The minimum Gasteiger partial charge on any atom is -0.454 e. The number of para-hydroxylation sites is 1. The van der Waals surface area contributed by atoms with E-state index in [1.807, 2.05) is 48.7 Å². The molecule has 0 bridgehead atoms. The third-order valence-electron chi connectivity index (χ3n) is 4.61. The van der Waals surface area contributed by atoms with Crippen LogP contribution in [0.5, 0.6) is 11.5 Å². The van der Waals surface area contributed by atoms with E-state index in [4.69, 9.17) is 9.47 Å². The van der Waals surface area contributed by atoms with Gasteiger partial charge in [-0.1, -0.05) is 18.2 Å². The fraction of sp³-hybridized carbons (Fsp3) is 0.143. The molecule has 0 aliphatic carbocycles. The van der Waals surface area contributed by atoms with Gasteiger partial charge in [-0.3, -0.25) is 20.4 Å². The molecule has 0 radical (unpaired) electrons. The maximum atomic E-state index is 12.6. The van der Waals surface area contributed by atoms with Gasteiger partial charge in [0.2, 0.25) is 6.79 Å². The van der Waals surface area contributed by atoms with Gasteiger partial charge in [0.15, 0.2) is 11.5 Å². The van der Waals surface area contributed by atoms with Crippen molar-refractivity contribution in [1.82, 2.24) is 15.4 Å². The molecule has 7 nitrogen and oxygen atoms in total. The van der Waals surface area contributed by atoms with E-state index >= 15 is 0 Å². The normalized spacial score (nSPS) is 11.9. The maximum absolute atomic E-state index is 12.6. The summed E-state index contributed by atoms with van der Waals surface area (Å²) in [5.41, 5.74) is 8.46. The van der Waals surface area contributed by atoms with E-state index in [9.17, 15) is 9.59 Å². The van der Waals surface area contributed by atoms with Crippen LogP contribution in [-0.2, 0) is 0 Å². The minimum absolute atomic E-state index is 0.133. The van der Waals surface area contributed by atoms with Crippen molar-refractivity contribution in [2.24, 2.45) is 0 Å². The molecular formula is C21H19N3O4. The molecule has 2 aromatic carbocycles. The lowest BCUT2D eigenvalue weighted by molar-refractivity contribution is 0.0846. The van der Waals surface area contributed by atoms with Gasteiger partial charge < -0.3 is 14.0 Å². The standard InChI is InChI=1S/C21H19N3O4/c1-13-10-17(14(2)24(13)16-6-4-3-5-7-16)21(26)23-22-20(25)15-8-9-18-19(11-15)28-12-27-18/h3-11H,12H2,1-2H3,(H,22,25)(H,23,26). The molecule has 2 amide bonds. The molecule has 7 heteroatoms. The summed E-state index contributed by atoms with van der Waals surface area (Å²) < 4.78 is 12.5. The number of rotatable bonds is 3. The van der Waals surface area contributed by atoms with Gasteiger partial charge in [0.1, 0.15) is 0 Å². The number of nitrogens with zero attached hydrogens (tertiary/aromatic N) is 1. The number of fused-ring (bicyclic) bond motifs is 1. The Balaban J connectivity index is 1.48. The molecule has 0 saturated heterocycles. The summed E-state index contributed by atoms with van der Waals surface area (Å²) in [6.45, 7) is 3.94. The Labute approximate surface area is 161 Å². The van der Waals surface area contributed by atoms with Crippen molar-refractivity contribution in [1.29, 1.82) is 0 Å². The predicted octanol–water partition coefficient (Wildman–Crippen LogP) is 2.90. The highest BCUT2D eigenvalue weighted by Crippen LogP contribution is 2.32. The summed E-state index contributed by atoms with van der Waals surface area (Å²) in [6.07, 6.45) is 0. The van der Waals surface area contributed by atoms with Gasteiger partial charge in [-0.15, -0.1) is 0 Å². The lowest BCUT2D eigenvalue weighted by Crippen LogP contribution is -2.41. The number of carbonyl (C=O) groups excluding carboxylic acids is 2. The van der Waals surface area contributed by atoms with Crippen molar-refractivity contribution in [3.8, 4) is 17.2 Å². The van der Waals surface area contributed by atoms with Crippen LogP contribution in [0.1, 0.15) is 32.1 Å². The fourth-order valence-corrected chi connectivity index (χ4v) is 3.26. The average Bonchev–Trinajstić information content (AvgIpc) is 3.29. The second kappa shape index (κ2) is 7.11. The Bertz CT molecular complexity index is 1060. The Kier molecular flexibility index (Phi) is 4.49. The largest absolute Gasteiger partial charge is 0.454 e. The van der Waals surface area contributed by atoms with E-state index in [0.717, 1.165) is 17.1 Å². The molecule has 2 N–H and O–H groups in total. The highest BCUT2D eigenvalue weighted by Gasteiger charge is 2.19. The molecule has 4 rings (SSSR count). The van der Waals surface area contributed by atoms with Crippen LogP contribution in [0.15, 0.2) is 54.6 Å². The van der Waals surface area contributed by atoms with Gasteiger partial charge in [0.05, 0.1) is 5.56 Å². The van der Waals surface area contributed by atoms with Crippen molar-refractivity contribution in [3.63, 3.8) is 0 Å². The smallest absolute Gasteiger partial charge is 0.271 e. The summed E-state index contributed by atoms with van der Waals surface area (Å²) in [5, 5.41) is 0. The summed E-state index contributed by atoms with van der Waals surface area (Å²) in [4.78, 5) is 24.9. The van der Waals surface area contributed by atoms with Crippen molar-refractivity contribution < 1.29 is 19.1 Å². The van der Waals surface area contributed by atoms with Crippen molar-refractivity contribution in [2.75, 3.05) is 6.79 Å². The summed E-state index contributed by atoms with van der Waals surface area (Å²) >= 11 is 0. The van der Waals surface area contributed by atoms with Gasteiger partial charge in [-0.25, -0.2) is 0 Å². The molecule has 3 aromatic rings. The molecule has 0 unspecified atom stereocenters. The third kappa shape index (κ3) is 3.18. The second-order valence-electron chi connectivity index (χ2n) is 6.43. The Morgan fingerprint density at radius 2 is 1.61 bits per heavy atom. The van der Waals surface area contributed by atoms with Crippen LogP contribution in [0.2, 0.25) is 0 Å². The van der Waals surface area contributed by atoms with Gasteiger partial charge in [0, 0.05) is 22.6 Å². The number of carbonyl (C=O) groups is 2. The van der Waals surface area contributed by atoms with Gasteiger partial charge in [-0.05, 0) is 50.2 Å². The van der Waals surface area contributed by atoms with Crippen LogP contribution in [0, 0.1) is 13.8 Å². The van der Waals surface area contributed by atoms with Crippen LogP contribution in [-0.4, -0.2) is 23.2 Å². The Hall–Kier alpha value is -3.74. The topological polar surface area (TPSA) is 81.6 Å². The third-order valence-corrected chi connectivity index (χ3v) is 4.61. The molecule has 1 aliphatic rings. The van der Waals surface area contributed by atoms with Crippen molar-refractivity contribution in [2.45, 2.75) is 13.8 Å². The van der Waals surface area contributed by atoms with E-state index in [0.29, 0.717) is 22.6 Å². The molecule has 28 heavy (non-hydrogen) atoms. The number of hydrogen-bond donors (Lipinski definition) is 2. The van der Waals surface area contributed by atoms with Gasteiger partial charge in [-0.2, -0.15) is 0 Å². The molecule has 0 saturated carbocycles. The maximum Gasteiger partial charge on any atom is 0.271 e. The SMILES string of the molecule is Cc1cc(C(=O)NNC(=O)c2ccc3c(c2)OCO3)c(C)n1-c1ccccc1. The zero-order valence-corrected chi connectivity index (χ0v) is 15.5. The molecular weight excluding hydrogens is 358 g/mol. The van der Waals surface area contributed by atoms with E-state index in [-0.39, 0.29) is 12.7 Å². The number of amides is 2. The van der Waals surface area contributed by atoms with Crippen LogP contribution < -0.4 is 20.3 Å². The number of aryl methyl sites for hydroxylation is 1. The van der Waals surface area contributed by atoms with Crippen molar-refractivity contribution >= 4 is 11.8 Å². The highest BCUT2D eigenvalue weighted by atomic mass is 16.7. The van der Waals surface area contributed by atoms with Crippen LogP contribution in [0.4, 0.5) is 0 Å². The van der Waals surface area contributed by atoms with E-state index in [2.05, 4.69) is 10.9 Å². The predicted molar refractivity (Wildman–Crippen MR) is 103 cm³/mol. The number of hydrogen-bond acceptors (Lipinski definition) is 4. The van der Waals surface area contributed by atoms with Crippen LogP contribution in [0.25, 0.3) is 5.69 Å². The number of aromatic nitrogens is 1. The lowest BCUT2D eigenvalue weighted by atomic mass is 10.2. The first-order valence-electron chi connectivity index (χ1n) is 8.79. The quantitative estimate of drug-likeness (QED) is 0.688. The molecule has 2 heterocycles. The van der Waals surface area contributed by atoms with Crippen molar-refractivity contribution in [3.05, 3.63) is 77.1 Å². The summed E-state index contributed by atoms with van der Waals surface area (Å²) in [5.74, 6) is 0.271. The summed E-state index contributed by atoms with van der Waals surface area (Å²) in [7, 11) is 0. The monoisotopic (exact) mass is 377 g/mol. The molecule has 1 aliphatic heterocycles. The van der Waals surface area contributed by atoms with Gasteiger partial charge in [0.25, 0.3) is 11.8 Å². The molecule has 0 spiro atoms. The van der Waals surface area contributed by atoms with Gasteiger partial charge >= 0.3 is 0 Å².